The van der Waals surface area contributed by atoms with Crippen molar-refractivity contribution in [1.29, 1.82) is 0 Å². The maximum atomic E-state index is 14.2. The minimum atomic E-state index is -3.93. The summed E-state index contributed by atoms with van der Waals surface area (Å²) in [5.41, 5.74) is 1.67. The average molecular weight is 596 g/mol. The molecule has 1 saturated carbocycles. The molecule has 224 valence electrons. The molecule has 0 aliphatic heterocycles. The van der Waals surface area contributed by atoms with E-state index in [2.05, 4.69) is 5.32 Å². The minimum Gasteiger partial charge on any atom is -0.495 e. The molecule has 1 fully saturated rings. The number of methoxy groups -OCH3 is 1. The van der Waals surface area contributed by atoms with Crippen molar-refractivity contribution in [3.8, 4) is 5.75 Å². The van der Waals surface area contributed by atoms with Crippen LogP contribution in [0.3, 0.4) is 0 Å². The van der Waals surface area contributed by atoms with Gasteiger partial charge in [-0.2, -0.15) is 0 Å². The number of nitrogens with zero attached hydrogens (tertiary/aromatic N) is 2. The van der Waals surface area contributed by atoms with Crippen LogP contribution in [0.1, 0.15) is 43.2 Å². The van der Waals surface area contributed by atoms with Crippen molar-refractivity contribution < 1.29 is 27.1 Å². The number of sulfonamides is 1. The zero-order valence-electron chi connectivity index (χ0n) is 24.0. The van der Waals surface area contributed by atoms with E-state index in [0.717, 1.165) is 48.2 Å². The number of benzene rings is 3. The summed E-state index contributed by atoms with van der Waals surface area (Å²) < 4.78 is 46.1. The molecule has 0 aromatic heterocycles. The topological polar surface area (TPSA) is 96.0 Å². The average Bonchev–Trinajstić information content (AvgIpc) is 2.99. The highest BCUT2D eigenvalue weighted by Crippen LogP contribution is 2.30. The number of nitrogens with one attached hydrogen (secondary N) is 1. The van der Waals surface area contributed by atoms with Gasteiger partial charge in [0.1, 0.15) is 24.2 Å². The predicted molar refractivity (Wildman–Crippen MR) is 161 cm³/mol. The first kappa shape index (κ1) is 31.0. The summed E-state index contributed by atoms with van der Waals surface area (Å²) >= 11 is 0. The molecule has 10 heteroatoms. The van der Waals surface area contributed by atoms with Crippen molar-refractivity contribution in [2.45, 2.75) is 57.2 Å². The Morgan fingerprint density at radius 1 is 0.929 bits per heavy atom. The second-order valence-corrected chi connectivity index (χ2v) is 12.5. The summed E-state index contributed by atoms with van der Waals surface area (Å²) in [6, 6.07) is 20.7. The zero-order valence-corrected chi connectivity index (χ0v) is 24.9. The number of hydrogen-bond donors (Lipinski definition) is 1. The number of ether oxygens (including phenoxy) is 1. The fourth-order valence-corrected chi connectivity index (χ4v) is 6.17. The molecule has 8 nitrogen and oxygen atoms in total. The first-order valence-corrected chi connectivity index (χ1v) is 16.0. The number of hydrogen-bond acceptors (Lipinski definition) is 5. The Labute approximate surface area is 247 Å². The van der Waals surface area contributed by atoms with E-state index in [1.165, 1.54) is 24.1 Å². The molecule has 0 bridgehead atoms. The summed E-state index contributed by atoms with van der Waals surface area (Å²) in [5, 5.41) is 3.16. The van der Waals surface area contributed by atoms with Gasteiger partial charge in [-0.25, -0.2) is 12.8 Å². The van der Waals surface area contributed by atoms with Gasteiger partial charge >= 0.3 is 0 Å². The van der Waals surface area contributed by atoms with Gasteiger partial charge in [-0.1, -0.05) is 73.9 Å². The molecule has 0 heterocycles. The molecule has 0 radical (unpaired) electrons. The Morgan fingerprint density at radius 3 is 2.21 bits per heavy atom. The number of halogens is 1. The van der Waals surface area contributed by atoms with Gasteiger partial charge in [-0.3, -0.25) is 13.9 Å². The van der Waals surface area contributed by atoms with E-state index < -0.39 is 34.3 Å². The van der Waals surface area contributed by atoms with Crippen LogP contribution in [0.4, 0.5) is 10.1 Å². The van der Waals surface area contributed by atoms with Crippen molar-refractivity contribution in [2.75, 3.05) is 24.2 Å². The molecular weight excluding hydrogens is 557 g/mol. The highest BCUT2D eigenvalue weighted by molar-refractivity contribution is 7.92. The minimum absolute atomic E-state index is 0.00777. The highest BCUT2D eigenvalue weighted by atomic mass is 32.2. The van der Waals surface area contributed by atoms with Crippen LogP contribution in [0.15, 0.2) is 78.9 Å². The third-order valence-electron chi connectivity index (χ3n) is 7.52. The largest absolute Gasteiger partial charge is 0.495 e. The summed E-state index contributed by atoms with van der Waals surface area (Å²) in [6.45, 7) is -0.569. The van der Waals surface area contributed by atoms with E-state index in [0.29, 0.717) is 5.56 Å². The van der Waals surface area contributed by atoms with Gasteiger partial charge < -0.3 is 15.0 Å². The van der Waals surface area contributed by atoms with Crippen LogP contribution in [-0.2, 0) is 32.6 Å². The van der Waals surface area contributed by atoms with Crippen LogP contribution in [0.5, 0.6) is 5.75 Å². The standard InChI is InChI=1S/C32H38FN3O5S/c1-41-30-16-10-9-15-28(30)36(42(2,39)40)23-31(37)35(22-25-17-19-26(33)20-18-25)29(21-24-11-5-3-6-12-24)32(38)34-27-13-7-4-8-14-27/h3,5-6,9-12,15-20,27,29H,4,7-8,13-14,21-23H2,1-2H3,(H,34,38)/t29-/m1/s1. The lowest BCUT2D eigenvalue weighted by Crippen LogP contribution is -2.55. The molecule has 3 aromatic rings. The fraction of sp³-hybridized carbons (Fsp3) is 0.375. The number of amides is 2. The first-order chi connectivity index (χ1) is 20.2. The van der Waals surface area contributed by atoms with E-state index in [1.807, 2.05) is 30.3 Å². The summed E-state index contributed by atoms with van der Waals surface area (Å²) in [7, 11) is -2.51. The second-order valence-electron chi connectivity index (χ2n) is 10.6. The zero-order chi connectivity index (χ0) is 30.1. The monoisotopic (exact) mass is 595 g/mol. The Morgan fingerprint density at radius 2 is 1.57 bits per heavy atom. The van der Waals surface area contributed by atoms with Gasteiger partial charge in [0.15, 0.2) is 0 Å². The predicted octanol–water partition coefficient (Wildman–Crippen LogP) is 4.69. The molecule has 0 spiro atoms. The molecule has 1 N–H and O–H groups in total. The third-order valence-corrected chi connectivity index (χ3v) is 8.65. The fourth-order valence-electron chi connectivity index (χ4n) is 5.32. The van der Waals surface area contributed by atoms with Crippen molar-refractivity contribution >= 4 is 27.5 Å². The van der Waals surface area contributed by atoms with E-state index in [1.54, 1.807) is 36.4 Å². The van der Waals surface area contributed by atoms with Gasteiger partial charge in [0.25, 0.3) is 0 Å². The van der Waals surface area contributed by atoms with Crippen molar-refractivity contribution in [3.05, 3.63) is 95.8 Å². The van der Waals surface area contributed by atoms with Crippen LogP contribution < -0.4 is 14.4 Å². The lowest BCUT2D eigenvalue weighted by Gasteiger charge is -2.35. The van der Waals surface area contributed by atoms with Crippen molar-refractivity contribution in [3.63, 3.8) is 0 Å². The Bertz CT molecular complexity index is 1440. The Balaban J connectivity index is 1.73. The van der Waals surface area contributed by atoms with Crippen LogP contribution >= 0.6 is 0 Å². The van der Waals surface area contributed by atoms with Crippen LogP contribution in [0.25, 0.3) is 0 Å². The lowest BCUT2D eigenvalue weighted by atomic mass is 9.94. The molecule has 4 rings (SSSR count). The van der Waals surface area contributed by atoms with E-state index in [-0.39, 0.29) is 36.4 Å². The van der Waals surface area contributed by atoms with Crippen molar-refractivity contribution in [2.24, 2.45) is 0 Å². The molecule has 1 atom stereocenters. The van der Waals surface area contributed by atoms with E-state index in [9.17, 15) is 22.4 Å². The Hall–Kier alpha value is -3.92. The Kier molecular flexibility index (Phi) is 10.6. The van der Waals surface area contributed by atoms with Crippen LogP contribution in [-0.4, -0.2) is 57.1 Å². The molecule has 42 heavy (non-hydrogen) atoms. The SMILES string of the molecule is COc1ccccc1N(CC(=O)N(Cc1ccc(F)cc1)[C@H](Cc1ccccc1)C(=O)NC1CCCCC1)S(C)(=O)=O. The smallest absolute Gasteiger partial charge is 0.244 e. The summed E-state index contributed by atoms with van der Waals surface area (Å²) in [4.78, 5) is 29.5. The first-order valence-electron chi connectivity index (χ1n) is 14.1. The van der Waals surface area contributed by atoms with Gasteiger partial charge in [-0.15, -0.1) is 0 Å². The van der Waals surface area contributed by atoms with Gasteiger partial charge in [0, 0.05) is 19.0 Å². The molecule has 2 amide bonds. The van der Waals surface area contributed by atoms with Crippen molar-refractivity contribution in [1.82, 2.24) is 10.2 Å². The summed E-state index contributed by atoms with van der Waals surface area (Å²) in [6.07, 6.45) is 6.15. The van der Waals surface area contributed by atoms with Crippen LogP contribution in [0.2, 0.25) is 0 Å². The maximum absolute atomic E-state index is 14.2. The number of rotatable bonds is 12. The number of carbonyl (C=O) groups excluding carboxylic acids is 2. The third kappa shape index (κ3) is 8.31. The van der Waals surface area contributed by atoms with E-state index in [4.69, 9.17) is 4.74 Å². The quantitative estimate of drug-likeness (QED) is 0.328. The molecule has 3 aromatic carbocycles. The molecule has 1 aliphatic carbocycles. The van der Waals surface area contributed by atoms with Gasteiger partial charge in [0.05, 0.1) is 19.1 Å². The van der Waals surface area contributed by atoms with Gasteiger partial charge in [-0.05, 0) is 48.2 Å². The summed E-state index contributed by atoms with van der Waals surface area (Å²) in [5.74, 6) is -1.01. The highest BCUT2D eigenvalue weighted by Gasteiger charge is 2.34. The number of anilines is 1. The van der Waals surface area contributed by atoms with Crippen LogP contribution in [0, 0.1) is 5.82 Å². The normalized spacial score (nSPS) is 14.5. The molecule has 0 saturated heterocycles. The number of carbonyl (C=O) groups is 2. The van der Waals surface area contributed by atoms with Gasteiger partial charge in [0.2, 0.25) is 21.8 Å². The molecular formula is C32H38FN3O5S. The van der Waals surface area contributed by atoms with E-state index >= 15 is 0 Å². The lowest BCUT2D eigenvalue weighted by molar-refractivity contribution is -0.140. The second kappa shape index (κ2) is 14.3. The number of para-hydroxylation sites is 2. The molecule has 0 unspecified atom stereocenters. The molecule has 1 aliphatic rings. The maximum Gasteiger partial charge on any atom is 0.244 e.